The van der Waals surface area contributed by atoms with Crippen molar-refractivity contribution in [2.24, 2.45) is 11.8 Å². The van der Waals surface area contributed by atoms with Crippen LogP contribution >= 0.6 is 0 Å². The van der Waals surface area contributed by atoms with E-state index in [2.05, 4.69) is 23.6 Å². The second-order valence-electron chi connectivity index (χ2n) is 6.26. The topological polar surface area (TPSA) is 43.8 Å². The molecular weight excluding hydrogens is 264 g/mol. The Bertz CT molecular complexity index is 303. The quantitative estimate of drug-likeness (QED) is 0.819. The maximum absolute atomic E-state index is 11.4. The minimum absolute atomic E-state index is 0.296. The average Bonchev–Trinajstić information content (AvgIpc) is 2.46. The number of hydrogen-bond acceptors (Lipinski definition) is 3. The van der Waals surface area contributed by atoms with Crippen molar-refractivity contribution in [1.29, 1.82) is 0 Å². The molecule has 0 spiro atoms. The molecule has 2 fully saturated rings. The van der Waals surface area contributed by atoms with Gasteiger partial charge in [0.05, 0.1) is 0 Å². The summed E-state index contributed by atoms with van der Waals surface area (Å²) in [5, 5.41) is 9.37. The summed E-state index contributed by atoms with van der Waals surface area (Å²) in [5.74, 6) is 1.09. The molecule has 2 aliphatic rings. The normalized spacial score (nSPS) is 30.2. The van der Waals surface area contributed by atoms with E-state index in [0.29, 0.717) is 6.54 Å². The van der Waals surface area contributed by atoms with Crippen LogP contribution in [0.3, 0.4) is 0 Å². The molecule has 1 saturated carbocycles. The van der Waals surface area contributed by atoms with Crippen molar-refractivity contribution in [1.82, 2.24) is 9.80 Å². The Kier molecular flexibility index (Phi) is 8.27. The van der Waals surface area contributed by atoms with Crippen LogP contribution in [0.15, 0.2) is 0 Å². The summed E-state index contributed by atoms with van der Waals surface area (Å²) >= 11 is 0. The maximum atomic E-state index is 11.4. The van der Waals surface area contributed by atoms with E-state index in [1.807, 2.05) is 13.8 Å². The lowest BCUT2D eigenvalue weighted by molar-refractivity contribution is -0.146. The summed E-state index contributed by atoms with van der Waals surface area (Å²) in [5.41, 5.74) is 0. The van der Waals surface area contributed by atoms with Crippen molar-refractivity contribution in [2.75, 3.05) is 32.7 Å². The van der Waals surface area contributed by atoms with E-state index in [1.165, 1.54) is 19.3 Å². The number of carboxylic acids is 1. The lowest BCUT2D eigenvalue weighted by Crippen LogP contribution is -2.57. The summed E-state index contributed by atoms with van der Waals surface area (Å²) in [4.78, 5) is 15.9. The van der Waals surface area contributed by atoms with Gasteiger partial charge in [-0.15, -0.1) is 0 Å². The van der Waals surface area contributed by atoms with Crippen LogP contribution in [0, 0.1) is 11.8 Å². The minimum atomic E-state index is -0.654. The number of aliphatic carboxylic acids is 1. The third-order valence-electron chi connectivity index (χ3n) is 4.80. The highest BCUT2D eigenvalue weighted by Gasteiger charge is 2.35. The molecule has 21 heavy (non-hydrogen) atoms. The molecule has 1 unspecified atom stereocenters. The van der Waals surface area contributed by atoms with E-state index in [9.17, 15) is 9.90 Å². The van der Waals surface area contributed by atoms with Gasteiger partial charge in [0.1, 0.15) is 6.04 Å². The summed E-state index contributed by atoms with van der Waals surface area (Å²) < 4.78 is 0. The lowest BCUT2D eigenvalue weighted by Gasteiger charge is -2.43. The van der Waals surface area contributed by atoms with Crippen molar-refractivity contribution in [2.45, 2.75) is 59.4 Å². The Balaban J connectivity index is 0.00000106. The predicted molar refractivity (Wildman–Crippen MR) is 87.6 cm³/mol. The SMILES string of the molecule is CC.CCCN1CCN(CC2CC(CC)C2)CC1C(=O)O. The van der Waals surface area contributed by atoms with E-state index < -0.39 is 5.97 Å². The highest BCUT2D eigenvalue weighted by Crippen LogP contribution is 2.36. The molecule has 1 atom stereocenters. The highest BCUT2D eigenvalue weighted by atomic mass is 16.4. The first-order chi connectivity index (χ1) is 10.1. The van der Waals surface area contributed by atoms with Gasteiger partial charge in [0.25, 0.3) is 0 Å². The number of hydrogen-bond donors (Lipinski definition) is 1. The number of piperazine rings is 1. The van der Waals surface area contributed by atoms with Gasteiger partial charge in [-0.1, -0.05) is 34.1 Å². The van der Waals surface area contributed by atoms with Gasteiger partial charge >= 0.3 is 5.97 Å². The maximum Gasteiger partial charge on any atom is 0.322 e. The van der Waals surface area contributed by atoms with E-state index in [4.69, 9.17) is 0 Å². The Morgan fingerprint density at radius 1 is 1.14 bits per heavy atom. The van der Waals surface area contributed by atoms with Crippen LogP contribution in [0.25, 0.3) is 0 Å². The second-order valence-corrected chi connectivity index (χ2v) is 6.26. The third-order valence-corrected chi connectivity index (χ3v) is 4.80. The Morgan fingerprint density at radius 2 is 1.81 bits per heavy atom. The Labute approximate surface area is 130 Å². The van der Waals surface area contributed by atoms with Crippen LogP contribution in [-0.4, -0.2) is 59.6 Å². The predicted octanol–water partition coefficient (Wildman–Crippen LogP) is 2.93. The summed E-state index contributed by atoms with van der Waals surface area (Å²) in [6.07, 6.45) is 5.04. The van der Waals surface area contributed by atoms with Gasteiger partial charge in [0, 0.05) is 26.2 Å². The molecule has 4 heteroatoms. The van der Waals surface area contributed by atoms with Gasteiger partial charge in [-0.25, -0.2) is 0 Å². The first-order valence-electron chi connectivity index (χ1n) is 8.83. The van der Waals surface area contributed by atoms with E-state index in [-0.39, 0.29) is 6.04 Å². The minimum Gasteiger partial charge on any atom is -0.480 e. The molecule has 0 radical (unpaired) electrons. The van der Waals surface area contributed by atoms with Crippen LogP contribution in [0.5, 0.6) is 0 Å². The molecule has 124 valence electrons. The van der Waals surface area contributed by atoms with Crippen molar-refractivity contribution in [3.05, 3.63) is 0 Å². The summed E-state index contributed by atoms with van der Waals surface area (Å²) in [7, 11) is 0. The van der Waals surface area contributed by atoms with Gasteiger partial charge in [-0.3, -0.25) is 14.6 Å². The van der Waals surface area contributed by atoms with Gasteiger partial charge in [-0.2, -0.15) is 0 Å². The number of rotatable bonds is 6. The van der Waals surface area contributed by atoms with E-state index in [1.54, 1.807) is 0 Å². The van der Waals surface area contributed by atoms with Crippen molar-refractivity contribution in [3.8, 4) is 0 Å². The number of carboxylic acid groups (broad SMARTS) is 1. The molecular formula is C17H34N2O2. The fourth-order valence-corrected chi connectivity index (χ4v) is 3.55. The number of carbonyl (C=O) groups is 1. The van der Waals surface area contributed by atoms with Gasteiger partial charge < -0.3 is 5.11 Å². The standard InChI is InChI=1S/C15H28N2O2.C2H6/c1-3-5-17-7-6-16(11-14(17)15(18)19)10-13-8-12(4-2)9-13;1-2/h12-14H,3-11H2,1-2H3,(H,18,19);1-2H3. The molecule has 0 bridgehead atoms. The monoisotopic (exact) mass is 298 g/mol. The third kappa shape index (κ3) is 5.26. The zero-order chi connectivity index (χ0) is 15.8. The van der Waals surface area contributed by atoms with Crippen molar-refractivity contribution < 1.29 is 9.90 Å². The molecule has 1 N–H and O–H groups in total. The van der Waals surface area contributed by atoms with Crippen LogP contribution in [0.4, 0.5) is 0 Å². The molecule has 4 nitrogen and oxygen atoms in total. The lowest BCUT2D eigenvalue weighted by atomic mass is 9.73. The fourth-order valence-electron chi connectivity index (χ4n) is 3.55. The van der Waals surface area contributed by atoms with Crippen LogP contribution in [-0.2, 0) is 4.79 Å². The largest absolute Gasteiger partial charge is 0.480 e. The molecule has 0 aromatic carbocycles. The van der Waals surface area contributed by atoms with E-state index >= 15 is 0 Å². The fraction of sp³-hybridized carbons (Fsp3) is 0.941. The molecule has 0 aromatic heterocycles. The summed E-state index contributed by atoms with van der Waals surface area (Å²) in [6, 6.07) is -0.296. The Morgan fingerprint density at radius 3 is 2.33 bits per heavy atom. The van der Waals surface area contributed by atoms with Gasteiger partial charge in [0.2, 0.25) is 0 Å². The smallest absolute Gasteiger partial charge is 0.322 e. The molecule has 0 amide bonds. The zero-order valence-electron chi connectivity index (χ0n) is 14.3. The molecule has 1 aliphatic heterocycles. The first kappa shape index (κ1) is 18.4. The Hall–Kier alpha value is -0.610. The average molecular weight is 298 g/mol. The van der Waals surface area contributed by atoms with Gasteiger partial charge in [-0.05, 0) is 37.6 Å². The van der Waals surface area contributed by atoms with Crippen molar-refractivity contribution in [3.63, 3.8) is 0 Å². The molecule has 0 aromatic rings. The molecule has 2 rings (SSSR count). The first-order valence-corrected chi connectivity index (χ1v) is 8.83. The molecule has 1 aliphatic carbocycles. The number of nitrogens with zero attached hydrogens (tertiary/aromatic N) is 2. The van der Waals surface area contributed by atoms with Crippen LogP contribution in [0.2, 0.25) is 0 Å². The second kappa shape index (κ2) is 9.42. The highest BCUT2D eigenvalue weighted by molar-refractivity contribution is 5.74. The van der Waals surface area contributed by atoms with Crippen molar-refractivity contribution >= 4 is 5.97 Å². The van der Waals surface area contributed by atoms with Crippen LogP contribution in [0.1, 0.15) is 53.4 Å². The van der Waals surface area contributed by atoms with Gasteiger partial charge in [0.15, 0.2) is 0 Å². The zero-order valence-corrected chi connectivity index (χ0v) is 14.3. The van der Waals surface area contributed by atoms with Crippen LogP contribution < -0.4 is 0 Å². The summed E-state index contributed by atoms with van der Waals surface area (Å²) in [6.45, 7) is 13.1. The molecule has 1 saturated heterocycles. The molecule has 1 heterocycles. The van der Waals surface area contributed by atoms with E-state index in [0.717, 1.165) is 44.4 Å².